The lowest BCUT2D eigenvalue weighted by Gasteiger charge is -2.08. The SMILES string of the molecule is Cc1cccc(CC2CNCO2)c1. The molecule has 2 heteroatoms. The standard InChI is InChI=1S/C11H15NO/c1-9-3-2-4-10(5-9)6-11-7-12-8-13-11/h2-5,11-12H,6-8H2,1H3. The van der Waals surface area contributed by atoms with E-state index < -0.39 is 0 Å². The summed E-state index contributed by atoms with van der Waals surface area (Å²) in [5, 5.41) is 3.18. The molecule has 1 aromatic carbocycles. The van der Waals surface area contributed by atoms with E-state index in [-0.39, 0.29) is 0 Å². The lowest BCUT2D eigenvalue weighted by atomic mass is 10.1. The number of ether oxygens (including phenoxy) is 1. The van der Waals surface area contributed by atoms with Gasteiger partial charge < -0.3 is 4.74 Å². The zero-order chi connectivity index (χ0) is 9.10. The number of benzene rings is 1. The van der Waals surface area contributed by atoms with Gasteiger partial charge in [0.25, 0.3) is 0 Å². The molecule has 0 bridgehead atoms. The summed E-state index contributed by atoms with van der Waals surface area (Å²) in [7, 11) is 0. The van der Waals surface area contributed by atoms with Crippen molar-refractivity contribution in [2.24, 2.45) is 0 Å². The van der Waals surface area contributed by atoms with Gasteiger partial charge in [0.2, 0.25) is 0 Å². The average molecular weight is 177 g/mol. The third-order valence-electron chi connectivity index (χ3n) is 2.34. The molecule has 0 spiro atoms. The van der Waals surface area contributed by atoms with Gasteiger partial charge in [0.15, 0.2) is 0 Å². The van der Waals surface area contributed by atoms with E-state index in [2.05, 4.69) is 36.5 Å². The highest BCUT2D eigenvalue weighted by Gasteiger charge is 2.14. The quantitative estimate of drug-likeness (QED) is 0.739. The van der Waals surface area contributed by atoms with Crippen molar-refractivity contribution in [2.75, 3.05) is 13.3 Å². The van der Waals surface area contributed by atoms with Crippen LogP contribution >= 0.6 is 0 Å². The zero-order valence-corrected chi connectivity index (χ0v) is 7.92. The Bertz CT molecular complexity index is 279. The Balaban J connectivity index is 2.00. The second-order valence-corrected chi connectivity index (χ2v) is 3.58. The molecular weight excluding hydrogens is 162 g/mol. The summed E-state index contributed by atoms with van der Waals surface area (Å²) in [6.07, 6.45) is 1.39. The first-order chi connectivity index (χ1) is 6.34. The van der Waals surface area contributed by atoms with Crippen LogP contribution in [0.5, 0.6) is 0 Å². The summed E-state index contributed by atoms with van der Waals surface area (Å²) >= 11 is 0. The normalized spacial score (nSPS) is 22.1. The Morgan fingerprint density at radius 1 is 1.54 bits per heavy atom. The maximum atomic E-state index is 5.49. The third kappa shape index (κ3) is 2.29. The minimum absolute atomic E-state index is 0.363. The van der Waals surface area contributed by atoms with Gasteiger partial charge in [0.05, 0.1) is 12.8 Å². The van der Waals surface area contributed by atoms with E-state index in [1.807, 2.05) is 0 Å². The molecule has 2 nitrogen and oxygen atoms in total. The predicted octanol–water partition coefficient (Wildman–Crippen LogP) is 1.48. The van der Waals surface area contributed by atoms with Crippen molar-refractivity contribution >= 4 is 0 Å². The van der Waals surface area contributed by atoms with Crippen LogP contribution in [-0.4, -0.2) is 19.4 Å². The third-order valence-corrected chi connectivity index (χ3v) is 2.34. The van der Waals surface area contributed by atoms with Crippen LogP contribution in [-0.2, 0) is 11.2 Å². The van der Waals surface area contributed by atoms with Crippen molar-refractivity contribution in [2.45, 2.75) is 19.4 Å². The second-order valence-electron chi connectivity index (χ2n) is 3.58. The van der Waals surface area contributed by atoms with Gasteiger partial charge in [-0.15, -0.1) is 0 Å². The van der Waals surface area contributed by atoms with Crippen LogP contribution in [0, 0.1) is 6.92 Å². The molecule has 1 aromatic rings. The fraction of sp³-hybridized carbons (Fsp3) is 0.455. The molecule has 70 valence electrons. The fourth-order valence-electron chi connectivity index (χ4n) is 1.69. The van der Waals surface area contributed by atoms with E-state index in [9.17, 15) is 0 Å². The van der Waals surface area contributed by atoms with Crippen LogP contribution in [0.25, 0.3) is 0 Å². The number of hydrogen-bond acceptors (Lipinski definition) is 2. The Hall–Kier alpha value is -0.860. The Morgan fingerprint density at radius 3 is 3.15 bits per heavy atom. The molecule has 0 radical (unpaired) electrons. The largest absolute Gasteiger partial charge is 0.361 e. The minimum Gasteiger partial charge on any atom is -0.361 e. The number of nitrogens with one attached hydrogen (secondary N) is 1. The number of rotatable bonds is 2. The molecule has 2 rings (SSSR count). The van der Waals surface area contributed by atoms with Crippen molar-refractivity contribution in [1.82, 2.24) is 5.32 Å². The highest BCUT2D eigenvalue weighted by molar-refractivity contribution is 5.22. The molecule has 0 aliphatic carbocycles. The molecule has 1 aliphatic rings. The Labute approximate surface area is 78.9 Å². The molecule has 1 atom stereocenters. The molecule has 1 saturated heterocycles. The fourth-order valence-corrected chi connectivity index (χ4v) is 1.69. The summed E-state index contributed by atoms with van der Waals surface area (Å²) in [5.41, 5.74) is 2.69. The van der Waals surface area contributed by atoms with Crippen molar-refractivity contribution in [1.29, 1.82) is 0 Å². The number of hydrogen-bond donors (Lipinski definition) is 1. The smallest absolute Gasteiger partial charge is 0.0970 e. The summed E-state index contributed by atoms with van der Waals surface area (Å²) < 4.78 is 5.49. The number of aryl methyl sites for hydroxylation is 1. The Kier molecular flexibility index (Phi) is 2.62. The lowest BCUT2D eigenvalue weighted by molar-refractivity contribution is 0.114. The summed E-state index contributed by atoms with van der Waals surface area (Å²) in [5.74, 6) is 0. The van der Waals surface area contributed by atoms with Gasteiger partial charge in [-0.3, -0.25) is 5.32 Å². The van der Waals surface area contributed by atoms with E-state index in [1.165, 1.54) is 11.1 Å². The van der Waals surface area contributed by atoms with Crippen molar-refractivity contribution in [3.8, 4) is 0 Å². The minimum atomic E-state index is 0.363. The monoisotopic (exact) mass is 177 g/mol. The second kappa shape index (κ2) is 3.90. The maximum Gasteiger partial charge on any atom is 0.0970 e. The van der Waals surface area contributed by atoms with Crippen LogP contribution in [0.4, 0.5) is 0 Å². The first kappa shape index (κ1) is 8.73. The van der Waals surface area contributed by atoms with Gasteiger partial charge >= 0.3 is 0 Å². The van der Waals surface area contributed by atoms with E-state index in [0.717, 1.165) is 13.0 Å². The van der Waals surface area contributed by atoms with Gasteiger partial charge in [-0.2, -0.15) is 0 Å². The van der Waals surface area contributed by atoms with E-state index >= 15 is 0 Å². The molecule has 1 unspecified atom stereocenters. The van der Waals surface area contributed by atoms with Crippen LogP contribution in [0.2, 0.25) is 0 Å². The molecule has 1 heterocycles. The predicted molar refractivity (Wildman–Crippen MR) is 52.6 cm³/mol. The lowest BCUT2D eigenvalue weighted by Crippen LogP contribution is -2.16. The zero-order valence-electron chi connectivity index (χ0n) is 7.92. The highest BCUT2D eigenvalue weighted by Crippen LogP contribution is 2.10. The first-order valence-corrected chi connectivity index (χ1v) is 4.72. The molecule has 0 aromatic heterocycles. The van der Waals surface area contributed by atoms with Crippen LogP contribution in [0.3, 0.4) is 0 Å². The van der Waals surface area contributed by atoms with Crippen molar-refractivity contribution in [3.05, 3.63) is 35.4 Å². The molecule has 1 fully saturated rings. The van der Waals surface area contributed by atoms with Gasteiger partial charge in [0, 0.05) is 6.54 Å². The van der Waals surface area contributed by atoms with E-state index in [4.69, 9.17) is 4.74 Å². The maximum absolute atomic E-state index is 5.49. The van der Waals surface area contributed by atoms with E-state index in [0.29, 0.717) is 12.8 Å². The molecule has 13 heavy (non-hydrogen) atoms. The van der Waals surface area contributed by atoms with Gasteiger partial charge in [0.1, 0.15) is 0 Å². The summed E-state index contributed by atoms with van der Waals surface area (Å²) in [6, 6.07) is 8.61. The van der Waals surface area contributed by atoms with Gasteiger partial charge in [-0.05, 0) is 18.9 Å². The first-order valence-electron chi connectivity index (χ1n) is 4.72. The van der Waals surface area contributed by atoms with E-state index in [1.54, 1.807) is 0 Å². The molecule has 1 aliphatic heterocycles. The molecular formula is C11H15NO. The molecule has 1 N–H and O–H groups in total. The van der Waals surface area contributed by atoms with Crippen molar-refractivity contribution < 1.29 is 4.74 Å². The molecule has 0 amide bonds. The summed E-state index contributed by atoms with van der Waals surface area (Å²) in [4.78, 5) is 0. The summed E-state index contributed by atoms with van der Waals surface area (Å²) in [6.45, 7) is 3.81. The Morgan fingerprint density at radius 2 is 2.46 bits per heavy atom. The van der Waals surface area contributed by atoms with Crippen LogP contribution in [0.15, 0.2) is 24.3 Å². The van der Waals surface area contributed by atoms with Crippen molar-refractivity contribution in [3.63, 3.8) is 0 Å². The van der Waals surface area contributed by atoms with Crippen LogP contribution in [0.1, 0.15) is 11.1 Å². The average Bonchev–Trinajstić information content (AvgIpc) is 2.57. The molecule has 0 saturated carbocycles. The van der Waals surface area contributed by atoms with Gasteiger partial charge in [-0.25, -0.2) is 0 Å². The highest BCUT2D eigenvalue weighted by atomic mass is 16.5. The van der Waals surface area contributed by atoms with Crippen LogP contribution < -0.4 is 5.32 Å². The topological polar surface area (TPSA) is 21.3 Å². The van der Waals surface area contributed by atoms with Gasteiger partial charge in [-0.1, -0.05) is 29.8 Å².